The van der Waals surface area contributed by atoms with Crippen molar-refractivity contribution >= 4 is 12.3 Å². The standard InChI is InChI=1S/C11H20O3/c1-8(2)10(11(13)14-4)6-5-9(3)7-12/h7-10H,5-6H2,1-4H3. The second-order valence-electron chi connectivity index (χ2n) is 4.06. The quantitative estimate of drug-likeness (QED) is 0.487. The summed E-state index contributed by atoms with van der Waals surface area (Å²) in [6, 6.07) is 0. The Morgan fingerprint density at radius 1 is 1.29 bits per heavy atom. The molecule has 0 aromatic heterocycles. The van der Waals surface area contributed by atoms with E-state index in [-0.39, 0.29) is 23.7 Å². The van der Waals surface area contributed by atoms with Gasteiger partial charge >= 0.3 is 5.97 Å². The van der Waals surface area contributed by atoms with Crippen LogP contribution in [0.4, 0.5) is 0 Å². The Morgan fingerprint density at radius 2 is 1.86 bits per heavy atom. The fourth-order valence-electron chi connectivity index (χ4n) is 1.39. The van der Waals surface area contributed by atoms with Gasteiger partial charge in [0.1, 0.15) is 6.29 Å². The molecule has 0 N–H and O–H groups in total. The molecule has 0 saturated carbocycles. The summed E-state index contributed by atoms with van der Waals surface area (Å²) < 4.78 is 4.71. The zero-order valence-corrected chi connectivity index (χ0v) is 9.45. The Labute approximate surface area is 85.8 Å². The monoisotopic (exact) mass is 200 g/mol. The summed E-state index contributed by atoms with van der Waals surface area (Å²) in [7, 11) is 1.40. The van der Waals surface area contributed by atoms with Crippen LogP contribution in [0.5, 0.6) is 0 Å². The zero-order chi connectivity index (χ0) is 11.1. The first-order valence-electron chi connectivity index (χ1n) is 5.06. The fraction of sp³-hybridized carbons (Fsp3) is 0.818. The highest BCUT2D eigenvalue weighted by Gasteiger charge is 2.23. The van der Waals surface area contributed by atoms with Crippen LogP contribution in [0.1, 0.15) is 33.6 Å². The van der Waals surface area contributed by atoms with Gasteiger partial charge in [-0.25, -0.2) is 0 Å². The second kappa shape index (κ2) is 6.57. The molecule has 0 amide bonds. The van der Waals surface area contributed by atoms with Crippen molar-refractivity contribution in [3.05, 3.63) is 0 Å². The van der Waals surface area contributed by atoms with E-state index in [1.165, 1.54) is 7.11 Å². The van der Waals surface area contributed by atoms with Crippen LogP contribution in [0.25, 0.3) is 0 Å². The van der Waals surface area contributed by atoms with Gasteiger partial charge in [0.05, 0.1) is 13.0 Å². The highest BCUT2D eigenvalue weighted by atomic mass is 16.5. The maximum Gasteiger partial charge on any atom is 0.308 e. The number of esters is 1. The molecule has 14 heavy (non-hydrogen) atoms. The van der Waals surface area contributed by atoms with E-state index in [0.717, 1.165) is 19.1 Å². The summed E-state index contributed by atoms with van der Waals surface area (Å²) in [5.41, 5.74) is 0. The van der Waals surface area contributed by atoms with Crippen LogP contribution in [0.15, 0.2) is 0 Å². The van der Waals surface area contributed by atoms with Crippen molar-refractivity contribution < 1.29 is 14.3 Å². The average Bonchev–Trinajstić information content (AvgIpc) is 2.16. The minimum Gasteiger partial charge on any atom is -0.469 e. The zero-order valence-electron chi connectivity index (χ0n) is 9.45. The van der Waals surface area contributed by atoms with E-state index in [1.54, 1.807) is 0 Å². The molecule has 0 saturated heterocycles. The van der Waals surface area contributed by atoms with E-state index in [0.29, 0.717) is 0 Å². The molecule has 3 heteroatoms. The largest absolute Gasteiger partial charge is 0.469 e. The molecule has 2 unspecified atom stereocenters. The molecule has 0 aromatic carbocycles. The summed E-state index contributed by atoms with van der Waals surface area (Å²) in [6.45, 7) is 5.85. The van der Waals surface area contributed by atoms with Gasteiger partial charge in [-0.15, -0.1) is 0 Å². The molecule has 0 spiro atoms. The van der Waals surface area contributed by atoms with Crippen LogP contribution in [-0.4, -0.2) is 19.4 Å². The molecule has 0 aliphatic carbocycles. The topological polar surface area (TPSA) is 43.4 Å². The molecule has 3 nitrogen and oxygen atoms in total. The number of hydrogen-bond donors (Lipinski definition) is 0. The lowest BCUT2D eigenvalue weighted by Gasteiger charge is -2.18. The Hall–Kier alpha value is -0.860. The van der Waals surface area contributed by atoms with E-state index in [2.05, 4.69) is 0 Å². The van der Waals surface area contributed by atoms with E-state index in [1.807, 2.05) is 20.8 Å². The first-order chi connectivity index (χ1) is 6.52. The third-order valence-corrected chi connectivity index (χ3v) is 2.47. The van der Waals surface area contributed by atoms with Crippen molar-refractivity contribution in [2.75, 3.05) is 7.11 Å². The summed E-state index contributed by atoms with van der Waals surface area (Å²) in [4.78, 5) is 21.8. The number of aldehydes is 1. The van der Waals surface area contributed by atoms with Crippen LogP contribution in [0, 0.1) is 17.8 Å². The number of ether oxygens (including phenoxy) is 1. The Morgan fingerprint density at radius 3 is 2.21 bits per heavy atom. The van der Waals surface area contributed by atoms with Gasteiger partial charge in [-0.05, 0) is 18.8 Å². The number of methoxy groups -OCH3 is 1. The van der Waals surface area contributed by atoms with Gasteiger partial charge in [0.2, 0.25) is 0 Å². The van der Waals surface area contributed by atoms with Crippen molar-refractivity contribution in [2.24, 2.45) is 17.8 Å². The Balaban J connectivity index is 4.10. The second-order valence-corrected chi connectivity index (χ2v) is 4.06. The maximum absolute atomic E-state index is 11.3. The van der Waals surface area contributed by atoms with Crippen molar-refractivity contribution in [1.82, 2.24) is 0 Å². The van der Waals surface area contributed by atoms with Gasteiger partial charge in [0.15, 0.2) is 0 Å². The van der Waals surface area contributed by atoms with Gasteiger partial charge in [0, 0.05) is 5.92 Å². The lowest BCUT2D eigenvalue weighted by atomic mass is 9.89. The van der Waals surface area contributed by atoms with Crippen molar-refractivity contribution in [3.63, 3.8) is 0 Å². The van der Waals surface area contributed by atoms with E-state index in [9.17, 15) is 9.59 Å². The molecule has 0 fully saturated rings. The van der Waals surface area contributed by atoms with E-state index in [4.69, 9.17) is 4.74 Å². The molecular weight excluding hydrogens is 180 g/mol. The third kappa shape index (κ3) is 4.40. The van der Waals surface area contributed by atoms with Crippen molar-refractivity contribution in [3.8, 4) is 0 Å². The molecular formula is C11H20O3. The summed E-state index contributed by atoms with van der Waals surface area (Å²) in [5.74, 6) is 0.0442. The Bertz CT molecular complexity index is 187. The average molecular weight is 200 g/mol. The number of hydrogen-bond acceptors (Lipinski definition) is 3. The van der Waals surface area contributed by atoms with Gasteiger partial charge < -0.3 is 9.53 Å². The molecule has 0 radical (unpaired) electrons. The lowest BCUT2D eigenvalue weighted by Crippen LogP contribution is -2.22. The highest BCUT2D eigenvalue weighted by Crippen LogP contribution is 2.20. The first-order valence-corrected chi connectivity index (χ1v) is 5.06. The smallest absolute Gasteiger partial charge is 0.308 e. The van der Waals surface area contributed by atoms with E-state index < -0.39 is 0 Å². The van der Waals surface area contributed by atoms with Gasteiger partial charge in [-0.3, -0.25) is 4.79 Å². The number of carbonyl (C=O) groups excluding carboxylic acids is 2. The van der Waals surface area contributed by atoms with Crippen LogP contribution in [-0.2, 0) is 14.3 Å². The minimum atomic E-state index is -0.168. The maximum atomic E-state index is 11.3. The number of rotatable bonds is 6. The molecule has 0 aliphatic rings. The molecule has 0 aliphatic heterocycles. The lowest BCUT2D eigenvalue weighted by molar-refractivity contribution is -0.147. The Kier molecular flexibility index (Phi) is 6.17. The normalized spacial score (nSPS) is 14.9. The predicted octanol–water partition coefficient (Wildman–Crippen LogP) is 2.05. The molecule has 2 atom stereocenters. The molecule has 0 bridgehead atoms. The predicted molar refractivity (Wildman–Crippen MR) is 54.8 cm³/mol. The minimum absolute atomic E-state index is 0.0286. The summed E-state index contributed by atoms with van der Waals surface area (Å²) in [5, 5.41) is 0. The van der Waals surface area contributed by atoms with Crippen molar-refractivity contribution in [2.45, 2.75) is 33.6 Å². The highest BCUT2D eigenvalue weighted by molar-refractivity contribution is 5.72. The van der Waals surface area contributed by atoms with Crippen molar-refractivity contribution in [1.29, 1.82) is 0 Å². The van der Waals surface area contributed by atoms with Gasteiger partial charge in [0.25, 0.3) is 0 Å². The molecule has 82 valence electrons. The molecule has 0 rings (SSSR count). The van der Waals surface area contributed by atoms with Gasteiger partial charge in [-0.1, -0.05) is 20.8 Å². The van der Waals surface area contributed by atoms with Crippen LogP contribution in [0.3, 0.4) is 0 Å². The SMILES string of the molecule is COC(=O)C(CCC(C)C=O)C(C)C. The number of carbonyl (C=O) groups is 2. The van der Waals surface area contributed by atoms with Crippen LogP contribution in [0.2, 0.25) is 0 Å². The van der Waals surface area contributed by atoms with Gasteiger partial charge in [-0.2, -0.15) is 0 Å². The van der Waals surface area contributed by atoms with E-state index >= 15 is 0 Å². The van der Waals surface area contributed by atoms with Crippen LogP contribution < -0.4 is 0 Å². The van der Waals surface area contributed by atoms with Crippen LogP contribution >= 0.6 is 0 Å². The summed E-state index contributed by atoms with van der Waals surface area (Å²) in [6.07, 6.45) is 2.40. The molecule has 0 heterocycles. The summed E-state index contributed by atoms with van der Waals surface area (Å²) >= 11 is 0. The first kappa shape index (κ1) is 13.1. The third-order valence-electron chi connectivity index (χ3n) is 2.47. The fourth-order valence-corrected chi connectivity index (χ4v) is 1.39. The molecule has 0 aromatic rings.